The number of hydrogen-bond acceptors (Lipinski definition) is 12. The summed E-state index contributed by atoms with van der Waals surface area (Å²) < 4.78 is 7.96. The summed E-state index contributed by atoms with van der Waals surface area (Å²) in [5.41, 5.74) is -1.83. The van der Waals surface area contributed by atoms with Crippen LogP contribution in [0, 0.1) is 0 Å². The third kappa shape index (κ3) is 4.42. The van der Waals surface area contributed by atoms with Crippen molar-refractivity contribution in [2.24, 2.45) is 49.1 Å². The minimum absolute atomic E-state index is 0.458. The first-order valence-corrected chi connectivity index (χ1v) is 8.46. The Hall–Kier alpha value is -5.04. The molecule has 32 heavy (non-hydrogen) atoms. The molecule has 0 unspecified atom stereocenters. The minimum Gasteiger partial charge on any atom is -0.244 e. The molecule has 0 aromatic carbocycles. The van der Waals surface area contributed by atoms with E-state index in [4.69, 9.17) is 0 Å². The second kappa shape index (κ2) is 8.76. The molecule has 4 rings (SSSR count). The number of aromatic nitrogens is 12. The number of aryl methyl sites for hydroxylation is 4. The Morgan fingerprint density at radius 3 is 0.781 bits per heavy atom. The van der Waals surface area contributed by atoms with Gasteiger partial charge >= 0.3 is 22.8 Å². The van der Waals surface area contributed by atoms with Gasteiger partial charge in [0.1, 0.15) is 25.3 Å². The molecule has 0 saturated heterocycles. The lowest BCUT2D eigenvalue weighted by Crippen LogP contribution is -2.21. The highest BCUT2D eigenvalue weighted by atomic mass is 16.2. The van der Waals surface area contributed by atoms with Gasteiger partial charge in [-0.3, -0.25) is 0 Å². The fraction of sp³-hybridized carbons (Fsp3) is 0.333. The van der Waals surface area contributed by atoms with Gasteiger partial charge in [0, 0.05) is 28.2 Å². The molecule has 0 saturated carbocycles. The molecule has 4 aromatic heterocycles. The lowest BCUT2D eigenvalue weighted by Gasteiger charge is -1.87. The normalized spacial score (nSPS) is 11.4. The first-order valence-electron chi connectivity index (χ1n) is 8.46. The zero-order valence-corrected chi connectivity index (χ0v) is 17.1. The smallest absolute Gasteiger partial charge is 0.244 e. The summed E-state index contributed by atoms with van der Waals surface area (Å²) in [6, 6.07) is 0. The third-order valence-corrected chi connectivity index (χ3v) is 3.69. The largest absolute Gasteiger partial charge is 0.367 e. The van der Waals surface area contributed by atoms with Crippen molar-refractivity contribution in [1.82, 2.24) is 57.8 Å². The number of nitrogens with zero attached hydrogens (tertiary/aromatic N) is 16. The molecule has 0 radical (unpaired) electrons. The zero-order valence-electron chi connectivity index (χ0n) is 17.1. The van der Waals surface area contributed by atoms with E-state index in [2.05, 4.69) is 41.3 Å². The molecular weight excluding hydrogens is 432 g/mol. The fourth-order valence-electron chi connectivity index (χ4n) is 1.91. The summed E-state index contributed by atoms with van der Waals surface area (Å²) in [5, 5.41) is 28.8. The van der Waals surface area contributed by atoms with E-state index in [1.807, 2.05) is 0 Å². The average molecular weight is 448 g/mol. The predicted molar refractivity (Wildman–Crippen MR) is 101 cm³/mol. The Labute approximate surface area is 175 Å². The molecule has 0 spiro atoms. The Morgan fingerprint density at radius 1 is 0.469 bits per heavy atom. The average Bonchev–Trinajstić information content (AvgIpc) is 3.48. The van der Waals surface area contributed by atoms with Crippen molar-refractivity contribution in [3.8, 4) is 0 Å². The molecule has 0 N–H and O–H groups in total. The molecule has 0 bridgehead atoms. The molecule has 0 atom stereocenters. The van der Waals surface area contributed by atoms with Gasteiger partial charge in [0.25, 0.3) is 0 Å². The van der Waals surface area contributed by atoms with Crippen LogP contribution in [0.2, 0.25) is 0 Å². The van der Waals surface area contributed by atoms with Crippen LogP contribution in [0.4, 0.5) is 0 Å². The quantitative estimate of drug-likeness (QED) is 0.283. The highest BCUT2D eigenvalue weighted by Gasteiger charge is 2.02. The minimum atomic E-state index is -0.458. The molecule has 168 valence electrons. The van der Waals surface area contributed by atoms with E-state index in [0.717, 1.165) is 37.4 Å². The van der Waals surface area contributed by atoms with Crippen LogP contribution in [-0.4, -0.2) is 57.8 Å². The Bertz CT molecular complexity index is 1280. The second-order valence-electron chi connectivity index (χ2n) is 5.88. The summed E-state index contributed by atoms with van der Waals surface area (Å²) in [4.78, 5) is 45.1. The third-order valence-electron chi connectivity index (χ3n) is 3.69. The van der Waals surface area contributed by atoms with E-state index in [1.54, 1.807) is 0 Å². The van der Waals surface area contributed by atoms with Crippen LogP contribution in [0.1, 0.15) is 0 Å². The topological polar surface area (TPSA) is 209 Å². The molecule has 4 heterocycles. The van der Waals surface area contributed by atoms with E-state index in [-0.39, 0.29) is 0 Å². The van der Waals surface area contributed by atoms with Gasteiger partial charge in [-0.2, -0.15) is 20.4 Å². The van der Waals surface area contributed by atoms with Crippen molar-refractivity contribution in [3.63, 3.8) is 0 Å². The van der Waals surface area contributed by atoms with Gasteiger partial charge < -0.3 is 0 Å². The first-order chi connectivity index (χ1) is 15.2. The van der Waals surface area contributed by atoms with E-state index in [0.29, 0.717) is 0 Å². The SMILES string of the molecule is Cn1ncn(/N=N/n2cnn(C)c2=O)c1=O.Cn1ncn(/N=N/n2cnn(C)c2=O)c1=O. The summed E-state index contributed by atoms with van der Waals surface area (Å²) >= 11 is 0. The number of hydrogen-bond donors (Lipinski definition) is 0. The van der Waals surface area contributed by atoms with Crippen LogP contribution in [0.25, 0.3) is 0 Å². The molecule has 0 aliphatic carbocycles. The van der Waals surface area contributed by atoms with Gasteiger partial charge in [0.15, 0.2) is 0 Å². The van der Waals surface area contributed by atoms with Crippen LogP contribution >= 0.6 is 0 Å². The van der Waals surface area contributed by atoms with Crippen LogP contribution in [-0.2, 0) is 28.2 Å². The van der Waals surface area contributed by atoms with Crippen molar-refractivity contribution in [2.45, 2.75) is 0 Å². The monoisotopic (exact) mass is 448 g/mol. The van der Waals surface area contributed by atoms with Crippen LogP contribution < -0.4 is 22.8 Å². The van der Waals surface area contributed by atoms with Crippen molar-refractivity contribution >= 4 is 0 Å². The van der Waals surface area contributed by atoms with Crippen LogP contribution in [0.15, 0.2) is 65.4 Å². The molecule has 0 aliphatic heterocycles. The van der Waals surface area contributed by atoms with Gasteiger partial charge in [0.2, 0.25) is 0 Å². The van der Waals surface area contributed by atoms with Crippen molar-refractivity contribution < 1.29 is 0 Å². The van der Waals surface area contributed by atoms with Crippen LogP contribution in [0.5, 0.6) is 0 Å². The fourth-order valence-corrected chi connectivity index (χ4v) is 1.91. The van der Waals surface area contributed by atoms with Crippen LogP contribution in [0.3, 0.4) is 0 Å². The maximum Gasteiger partial charge on any atom is 0.367 e. The summed E-state index contributed by atoms with van der Waals surface area (Å²) in [6.45, 7) is 0. The molecular formula is C12H16N16O4. The Morgan fingerprint density at radius 2 is 0.656 bits per heavy atom. The van der Waals surface area contributed by atoms with Gasteiger partial charge in [-0.1, -0.05) is 0 Å². The lowest BCUT2D eigenvalue weighted by molar-refractivity contribution is 0.627. The van der Waals surface area contributed by atoms with Crippen molar-refractivity contribution in [2.75, 3.05) is 0 Å². The van der Waals surface area contributed by atoms with Crippen molar-refractivity contribution in [1.29, 1.82) is 0 Å². The maximum atomic E-state index is 11.3. The van der Waals surface area contributed by atoms with E-state index >= 15 is 0 Å². The molecule has 20 heteroatoms. The predicted octanol–water partition coefficient (Wildman–Crippen LogP) is -3.69. The lowest BCUT2D eigenvalue weighted by atomic mass is 11.1. The van der Waals surface area contributed by atoms with Gasteiger partial charge in [-0.25, -0.2) is 37.9 Å². The highest BCUT2D eigenvalue weighted by Crippen LogP contribution is 1.83. The first kappa shape index (κ1) is 21.7. The van der Waals surface area contributed by atoms with E-state index in [9.17, 15) is 19.2 Å². The highest BCUT2D eigenvalue weighted by molar-refractivity contribution is 4.67. The van der Waals surface area contributed by atoms with Crippen molar-refractivity contribution in [3.05, 3.63) is 67.2 Å². The second-order valence-corrected chi connectivity index (χ2v) is 5.88. The van der Waals surface area contributed by atoms with E-state index < -0.39 is 22.8 Å². The summed E-state index contributed by atoms with van der Waals surface area (Å²) in [6.07, 6.45) is 4.75. The summed E-state index contributed by atoms with van der Waals surface area (Å²) in [7, 11) is 5.91. The molecule has 0 fully saturated rings. The van der Waals surface area contributed by atoms with Gasteiger partial charge in [-0.15, -0.1) is 18.7 Å². The zero-order chi connectivity index (χ0) is 23.4. The maximum absolute atomic E-state index is 11.3. The summed E-state index contributed by atoms with van der Waals surface area (Å²) in [5.74, 6) is 0. The Kier molecular flexibility index (Phi) is 5.93. The Balaban J connectivity index is 0.000000181. The van der Waals surface area contributed by atoms with Gasteiger partial charge in [0.05, 0.1) is 0 Å². The molecule has 0 amide bonds. The van der Waals surface area contributed by atoms with Gasteiger partial charge in [-0.05, 0) is 20.9 Å². The number of rotatable bonds is 4. The molecule has 20 nitrogen and oxygen atoms in total. The van der Waals surface area contributed by atoms with E-state index in [1.165, 1.54) is 53.5 Å². The standard InChI is InChI=1S/2C6H8N8O2/c2*1-11-5(15)13(3-7-11)9-10-14-4-8-12(2)6(14)16/h2*3-4H,1-2H3/b2*10-9+. The molecule has 4 aromatic rings. The molecule has 0 aliphatic rings.